The van der Waals surface area contributed by atoms with Gasteiger partial charge in [0.25, 0.3) is 5.91 Å². The minimum absolute atomic E-state index is 0.169. The smallest absolute Gasteiger partial charge is 0.258 e. The van der Waals surface area contributed by atoms with Crippen LogP contribution in [0.4, 0.5) is 5.69 Å². The molecule has 1 heterocycles. The Bertz CT molecular complexity index is 1140. The summed E-state index contributed by atoms with van der Waals surface area (Å²) in [4.78, 5) is 15.4. The van der Waals surface area contributed by atoms with Crippen molar-refractivity contribution < 1.29 is 13.2 Å². The normalized spacial score (nSPS) is 14.5. The maximum Gasteiger partial charge on any atom is 0.258 e. The number of anilines is 1. The lowest BCUT2D eigenvalue weighted by Crippen LogP contribution is -2.31. The molecule has 0 N–H and O–H groups in total. The standard InChI is InChI=1S/C25H26N2O3S/c1-20-9-13-23(14-10-20)27(19-21-7-3-2-4-8-21)25(28)22-11-15-24(16-12-22)31(29,30)26-17-5-6-18-26/h2-4,7-16H,5-6,17-19H2,1H3. The summed E-state index contributed by atoms with van der Waals surface area (Å²) in [5.74, 6) is -0.169. The third kappa shape index (κ3) is 4.70. The van der Waals surface area contributed by atoms with E-state index in [1.165, 1.54) is 16.4 Å². The fourth-order valence-corrected chi connectivity index (χ4v) is 5.29. The van der Waals surface area contributed by atoms with Gasteiger partial charge in [0.15, 0.2) is 0 Å². The van der Waals surface area contributed by atoms with Crippen LogP contribution >= 0.6 is 0 Å². The van der Waals surface area contributed by atoms with E-state index in [0.717, 1.165) is 29.7 Å². The van der Waals surface area contributed by atoms with Crippen LogP contribution in [0.1, 0.15) is 34.3 Å². The lowest BCUT2D eigenvalue weighted by molar-refractivity contribution is 0.0985. The molecule has 0 unspecified atom stereocenters. The maximum absolute atomic E-state index is 13.4. The molecule has 6 heteroatoms. The van der Waals surface area contributed by atoms with E-state index < -0.39 is 10.0 Å². The maximum atomic E-state index is 13.4. The number of carbonyl (C=O) groups is 1. The Balaban J connectivity index is 1.62. The Labute approximate surface area is 184 Å². The van der Waals surface area contributed by atoms with Crippen molar-refractivity contribution in [1.29, 1.82) is 0 Å². The van der Waals surface area contributed by atoms with Gasteiger partial charge in [0.05, 0.1) is 11.4 Å². The van der Waals surface area contributed by atoms with Gasteiger partial charge in [-0.3, -0.25) is 4.79 Å². The van der Waals surface area contributed by atoms with Crippen molar-refractivity contribution in [3.8, 4) is 0 Å². The van der Waals surface area contributed by atoms with Crippen LogP contribution in [0.15, 0.2) is 83.8 Å². The van der Waals surface area contributed by atoms with Gasteiger partial charge in [0.1, 0.15) is 0 Å². The first-order valence-electron chi connectivity index (χ1n) is 10.5. The van der Waals surface area contributed by atoms with E-state index in [1.54, 1.807) is 17.0 Å². The number of amides is 1. The average molecular weight is 435 g/mol. The van der Waals surface area contributed by atoms with E-state index in [2.05, 4.69) is 0 Å². The highest BCUT2D eigenvalue weighted by Gasteiger charge is 2.27. The van der Waals surface area contributed by atoms with Crippen molar-refractivity contribution in [2.24, 2.45) is 0 Å². The Morgan fingerprint density at radius 1 is 0.871 bits per heavy atom. The first-order chi connectivity index (χ1) is 14.9. The van der Waals surface area contributed by atoms with Crippen LogP contribution < -0.4 is 4.90 Å². The molecule has 0 atom stereocenters. The van der Waals surface area contributed by atoms with Crippen molar-refractivity contribution in [2.45, 2.75) is 31.2 Å². The number of carbonyl (C=O) groups excluding carboxylic acids is 1. The second kappa shape index (κ2) is 9.04. The van der Waals surface area contributed by atoms with Crippen LogP contribution in [0, 0.1) is 6.92 Å². The Kier molecular flexibility index (Phi) is 6.20. The molecule has 0 aliphatic carbocycles. The highest BCUT2D eigenvalue weighted by molar-refractivity contribution is 7.89. The second-order valence-corrected chi connectivity index (χ2v) is 9.79. The van der Waals surface area contributed by atoms with Crippen molar-refractivity contribution in [1.82, 2.24) is 4.31 Å². The third-order valence-electron chi connectivity index (χ3n) is 5.58. The minimum Gasteiger partial charge on any atom is -0.304 e. The SMILES string of the molecule is Cc1ccc(N(Cc2ccccc2)C(=O)c2ccc(S(=O)(=O)N3CCCC3)cc2)cc1. The van der Waals surface area contributed by atoms with Crippen LogP contribution in [0.25, 0.3) is 0 Å². The molecular weight excluding hydrogens is 408 g/mol. The number of benzene rings is 3. The molecule has 3 aromatic carbocycles. The predicted molar refractivity (Wildman–Crippen MR) is 123 cm³/mol. The van der Waals surface area contributed by atoms with E-state index in [4.69, 9.17) is 0 Å². The summed E-state index contributed by atoms with van der Waals surface area (Å²) in [6.45, 7) is 3.55. The van der Waals surface area contributed by atoms with Gasteiger partial charge in [0.2, 0.25) is 10.0 Å². The molecule has 0 bridgehead atoms. The average Bonchev–Trinajstić information content (AvgIpc) is 3.35. The zero-order chi connectivity index (χ0) is 21.8. The largest absolute Gasteiger partial charge is 0.304 e. The zero-order valence-electron chi connectivity index (χ0n) is 17.6. The highest BCUT2D eigenvalue weighted by atomic mass is 32.2. The molecule has 1 saturated heterocycles. The van der Waals surface area contributed by atoms with Crippen LogP contribution in [0.2, 0.25) is 0 Å². The highest BCUT2D eigenvalue weighted by Crippen LogP contribution is 2.24. The summed E-state index contributed by atoms with van der Waals surface area (Å²) in [5.41, 5.74) is 3.39. The molecule has 160 valence electrons. The van der Waals surface area contributed by atoms with Crippen LogP contribution in [0.5, 0.6) is 0 Å². The summed E-state index contributed by atoms with van der Waals surface area (Å²) in [5, 5.41) is 0. The lowest BCUT2D eigenvalue weighted by Gasteiger charge is -2.24. The number of sulfonamides is 1. The molecular formula is C25H26N2O3S. The molecule has 0 aromatic heterocycles. The van der Waals surface area contributed by atoms with E-state index in [-0.39, 0.29) is 10.8 Å². The molecule has 5 nitrogen and oxygen atoms in total. The summed E-state index contributed by atoms with van der Waals surface area (Å²) in [7, 11) is -3.50. The summed E-state index contributed by atoms with van der Waals surface area (Å²) in [6.07, 6.45) is 1.78. The van der Waals surface area contributed by atoms with Crippen LogP contribution in [-0.4, -0.2) is 31.7 Å². The number of nitrogens with zero attached hydrogens (tertiary/aromatic N) is 2. The molecule has 1 aliphatic heterocycles. The molecule has 3 aromatic rings. The van der Waals surface area contributed by atoms with Gasteiger partial charge < -0.3 is 4.90 Å². The predicted octanol–water partition coefficient (Wildman–Crippen LogP) is 4.63. The molecule has 0 radical (unpaired) electrons. The minimum atomic E-state index is -3.50. The fraction of sp³-hybridized carbons (Fsp3) is 0.240. The molecule has 4 rings (SSSR count). The van der Waals surface area contributed by atoms with Crippen molar-refractivity contribution in [2.75, 3.05) is 18.0 Å². The monoisotopic (exact) mass is 434 g/mol. The van der Waals surface area contributed by atoms with Gasteiger partial charge in [-0.1, -0.05) is 48.0 Å². The molecule has 1 fully saturated rings. The Morgan fingerprint density at radius 3 is 2.10 bits per heavy atom. The summed E-state index contributed by atoms with van der Waals surface area (Å²) >= 11 is 0. The summed E-state index contributed by atoms with van der Waals surface area (Å²) in [6, 6.07) is 23.9. The number of hydrogen-bond acceptors (Lipinski definition) is 3. The number of hydrogen-bond donors (Lipinski definition) is 0. The summed E-state index contributed by atoms with van der Waals surface area (Å²) < 4.78 is 27.1. The van der Waals surface area contributed by atoms with Crippen molar-refractivity contribution in [3.63, 3.8) is 0 Å². The van der Waals surface area contributed by atoms with E-state index in [0.29, 0.717) is 25.2 Å². The molecule has 0 spiro atoms. The zero-order valence-corrected chi connectivity index (χ0v) is 18.4. The Morgan fingerprint density at radius 2 is 1.48 bits per heavy atom. The van der Waals surface area contributed by atoms with Gasteiger partial charge in [-0.2, -0.15) is 4.31 Å². The van der Waals surface area contributed by atoms with E-state index >= 15 is 0 Å². The van der Waals surface area contributed by atoms with Crippen LogP contribution in [-0.2, 0) is 16.6 Å². The lowest BCUT2D eigenvalue weighted by atomic mass is 10.1. The quantitative estimate of drug-likeness (QED) is 0.569. The number of rotatable bonds is 6. The second-order valence-electron chi connectivity index (χ2n) is 7.85. The third-order valence-corrected chi connectivity index (χ3v) is 7.49. The van der Waals surface area contributed by atoms with Gasteiger partial charge in [-0.05, 0) is 61.7 Å². The van der Waals surface area contributed by atoms with Gasteiger partial charge in [-0.25, -0.2) is 8.42 Å². The number of aryl methyl sites for hydroxylation is 1. The van der Waals surface area contributed by atoms with E-state index in [1.807, 2.05) is 61.5 Å². The van der Waals surface area contributed by atoms with Gasteiger partial charge in [0, 0.05) is 24.3 Å². The molecule has 1 aliphatic rings. The van der Waals surface area contributed by atoms with Crippen molar-refractivity contribution in [3.05, 3.63) is 95.6 Å². The van der Waals surface area contributed by atoms with Gasteiger partial charge >= 0.3 is 0 Å². The van der Waals surface area contributed by atoms with Gasteiger partial charge in [-0.15, -0.1) is 0 Å². The van der Waals surface area contributed by atoms with Crippen molar-refractivity contribution >= 4 is 21.6 Å². The first-order valence-corrected chi connectivity index (χ1v) is 11.9. The fourth-order valence-electron chi connectivity index (χ4n) is 3.77. The first kappa shape index (κ1) is 21.3. The Hall–Kier alpha value is -2.96. The van der Waals surface area contributed by atoms with E-state index in [9.17, 15) is 13.2 Å². The molecule has 0 saturated carbocycles. The van der Waals surface area contributed by atoms with Crippen LogP contribution in [0.3, 0.4) is 0 Å². The molecule has 31 heavy (non-hydrogen) atoms. The topological polar surface area (TPSA) is 57.7 Å². The molecule has 1 amide bonds.